The van der Waals surface area contributed by atoms with Gasteiger partial charge in [-0.25, -0.2) is 13.1 Å². The summed E-state index contributed by atoms with van der Waals surface area (Å²) in [6.07, 6.45) is -0.283. The van der Waals surface area contributed by atoms with Gasteiger partial charge in [0, 0.05) is 69.1 Å². The van der Waals surface area contributed by atoms with Gasteiger partial charge in [-0.05, 0) is 41.0 Å². The Balaban J connectivity index is 1.11. The van der Waals surface area contributed by atoms with Crippen molar-refractivity contribution < 1.29 is 27.9 Å². The second-order valence-corrected chi connectivity index (χ2v) is 13.6. The van der Waals surface area contributed by atoms with Gasteiger partial charge in [-0.3, -0.25) is 15.0 Å². The third-order valence-electron chi connectivity index (χ3n) is 8.65. The molecule has 2 aliphatic heterocycles. The van der Waals surface area contributed by atoms with Gasteiger partial charge >= 0.3 is 0 Å². The van der Waals surface area contributed by atoms with Crippen molar-refractivity contribution in [1.82, 2.24) is 9.62 Å². The first kappa shape index (κ1) is 32.8. The van der Waals surface area contributed by atoms with Crippen LogP contribution in [-0.4, -0.2) is 62.2 Å². The monoisotopic (exact) mass is 658 g/mol. The summed E-state index contributed by atoms with van der Waals surface area (Å²) in [5.74, 6) is 0. The highest BCUT2D eigenvalue weighted by molar-refractivity contribution is 7.89. The van der Waals surface area contributed by atoms with Crippen LogP contribution in [0.25, 0.3) is 0 Å². The zero-order chi connectivity index (χ0) is 32.8. The van der Waals surface area contributed by atoms with E-state index in [2.05, 4.69) is 14.5 Å². The van der Waals surface area contributed by atoms with Crippen LogP contribution < -0.4 is 9.62 Å². The number of aliphatic hydroxyl groups excluding tert-OH is 1. The van der Waals surface area contributed by atoms with Crippen LogP contribution in [0.3, 0.4) is 0 Å². The highest BCUT2D eigenvalue weighted by atomic mass is 32.2. The molecule has 0 aliphatic carbocycles. The number of hydrogen-bond acceptors (Lipinski definition) is 9. The molecule has 246 valence electrons. The van der Waals surface area contributed by atoms with E-state index in [1.807, 2.05) is 48.5 Å². The zero-order valence-corrected chi connectivity index (χ0v) is 26.7. The SMILES string of the molecule is O=[N+]([O-])c1ccc(N2CCN(C[C@H]3C[C@@H](c4ccc(CO)cc4)O[C@@H](c4ccc(CNS(=O)(=O)c5ccccc5)cc4)O3)CC2)cc1. The molecule has 12 heteroatoms. The molecule has 0 unspecified atom stereocenters. The van der Waals surface area contributed by atoms with Gasteiger partial charge in [0.05, 0.1) is 28.6 Å². The van der Waals surface area contributed by atoms with Crippen LogP contribution in [0.4, 0.5) is 11.4 Å². The molecule has 2 saturated heterocycles. The number of hydrogen-bond donors (Lipinski definition) is 2. The van der Waals surface area contributed by atoms with Gasteiger partial charge in [-0.1, -0.05) is 66.7 Å². The molecule has 0 amide bonds. The summed E-state index contributed by atoms with van der Waals surface area (Å²) in [5.41, 5.74) is 4.54. The van der Waals surface area contributed by atoms with Crippen molar-refractivity contribution in [3.63, 3.8) is 0 Å². The fraction of sp³-hybridized carbons (Fsp3) is 0.314. The minimum absolute atomic E-state index is 0.0279. The number of nitro groups is 1. The fourth-order valence-corrected chi connectivity index (χ4v) is 6.99. The highest BCUT2D eigenvalue weighted by Gasteiger charge is 2.34. The van der Waals surface area contributed by atoms with Gasteiger partial charge in [0.1, 0.15) is 0 Å². The van der Waals surface area contributed by atoms with Crippen LogP contribution in [-0.2, 0) is 32.6 Å². The van der Waals surface area contributed by atoms with Crippen LogP contribution in [0, 0.1) is 10.1 Å². The molecule has 0 saturated carbocycles. The van der Waals surface area contributed by atoms with Crippen LogP contribution in [0.5, 0.6) is 0 Å². The number of sulfonamides is 1. The molecule has 0 bridgehead atoms. The molecule has 2 heterocycles. The van der Waals surface area contributed by atoms with Crippen molar-refractivity contribution in [2.45, 2.75) is 43.0 Å². The molecule has 3 atom stereocenters. The first-order chi connectivity index (χ1) is 22.8. The third-order valence-corrected chi connectivity index (χ3v) is 10.1. The molecule has 2 N–H and O–H groups in total. The Kier molecular flexibility index (Phi) is 10.3. The number of rotatable bonds is 11. The van der Waals surface area contributed by atoms with Crippen molar-refractivity contribution in [3.05, 3.63) is 135 Å². The van der Waals surface area contributed by atoms with Crippen molar-refractivity contribution in [2.75, 3.05) is 37.6 Å². The molecule has 11 nitrogen and oxygen atoms in total. The minimum Gasteiger partial charge on any atom is -0.392 e. The van der Waals surface area contributed by atoms with Crippen molar-refractivity contribution >= 4 is 21.4 Å². The Bertz CT molecular complexity index is 1730. The molecule has 0 aromatic heterocycles. The molecule has 47 heavy (non-hydrogen) atoms. The number of ether oxygens (including phenoxy) is 2. The van der Waals surface area contributed by atoms with Crippen molar-refractivity contribution in [3.8, 4) is 0 Å². The topological polar surface area (TPSA) is 134 Å². The maximum atomic E-state index is 12.7. The summed E-state index contributed by atoms with van der Waals surface area (Å²) in [7, 11) is -3.62. The quantitative estimate of drug-likeness (QED) is 0.170. The Morgan fingerprint density at radius 2 is 1.45 bits per heavy atom. The summed E-state index contributed by atoms with van der Waals surface area (Å²) >= 11 is 0. The van der Waals surface area contributed by atoms with Gasteiger partial charge in [-0.2, -0.15) is 0 Å². The Morgan fingerprint density at radius 1 is 0.809 bits per heavy atom. The van der Waals surface area contributed by atoms with Crippen LogP contribution in [0.1, 0.15) is 41.1 Å². The normalized spacial score (nSPS) is 20.6. The van der Waals surface area contributed by atoms with E-state index in [1.54, 1.807) is 54.6 Å². The molecule has 6 rings (SSSR count). The van der Waals surface area contributed by atoms with E-state index in [9.17, 15) is 23.6 Å². The first-order valence-electron chi connectivity index (χ1n) is 15.6. The molecule has 4 aromatic rings. The van der Waals surface area contributed by atoms with E-state index < -0.39 is 16.3 Å². The molecule has 0 spiro atoms. The lowest BCUT2D eigenvalue weighted by Gasteiger charge is -2.41. The number of anilines is 1. The fourth-order valence-electron chi connectivity index (χ4n) is 5.95. The highest BCUT2D eigenvalue weighted by Crippen LogP contribution is 2.38. The predicted molar refractivity (Wildman–Crippen MR) is 177 cm³/mol. The summed E-state index contributed by atoms with van der Waals surface area (Å²) < 4.78 is 41.0. The average molecular weight is 659 g/mol. The van der Waals surface area contributed by atoms with E-state index >= 15 is 0 Å². The smallest absolute Gasteiger partial charge is 0.269 e. The summed E-state index contributed by atoms with van der Waals surface area (Å²) in [5, 5.41) is 20.5. The van der Waals surface area contributed by atoms with Crippen LogP contribution in [0.2, 0.25) is 0 Å². The predicted octanol–water partition coefficient (Wildman–Crippen LogP) is 4.93. The number of piperazine rings is 1. The van der Waals surface area contributed by atoms with E-state index in [4.69, 9.17) is 9.47 Å². The number of nitrogens with zero attached hydrogens (tertiary/aromatic N) is 3. The number of nitro benzene ring substituents is 1. The largest absolute Gasteiger partial charge is 0.392 e. The first-order valence-corrected chi connectivity index (χ1v) is 17.1. The molecular weight excluding hydrogens is 620 g/mol. The van der Waals surface area contributed by atoms with E-state index in [0.29, 0.717) is 6.42 Å². The maximum Gasteiger partial charge on any atom is 0.269 e. The lowest BCUT2D eigenvalue weighted by Crippen LogP contribution is -2.49. The molecule has 2 aliphatic rings. The summed E-state index contributed by atoms with van der Waals surface area (Å²) in [6, 6.07) is 30.3. The van der Waals surface area contributed by atoms with E-state index in [0.717, 1.165) is 60.7 Å². The number of benzene rings is 4. The van der Waals surface area contributed by atoms with Crippen molar-refractivity contribution in [2.24, 2.45) is 0 Å². The average Bonchev–Trinajstić information content (AvgIpc) is 3.11. The maximum absolute atomic E-state index is 12.7. The summed E-state index contributed by atoms with van der Waals surface area (Å²) in [6.45, 7) is 4.09. The molecule has 4 aromatic carbocycles. The standard InChI is InChI=1S/C35H38N4O7S/c40-25-27-8-10-28(11-9-27)34-22-32(24-37-18-20-38(21-19-37)30-14-16-31(17-15-30)39(41)42)45-35(46-34)29-12-6-26(7-13-29)23-36-47(43,44)33-4-2-1-3-5-33/h1-17,32,34-36,40H,18-25H2/t32-,34+,35+/m1/s1. The zero-order valence-electron chi connectivity index (χ0n) is 25.9. The molecule has 2 fully saturated rings. The Morgan fingerprint density at radius 3 is 2.09 bits per heavy atom. The number of non-ortho nitro benzene ring substituents is 1. The Labute approximate surface area is 274 Å². The second-order valence-electron chi connectivity index (χ2n) is 11.8. The van der Waals surface area contributed by atoms with Gasteiger partial charge in [0.2, 0.25) is 10.0 Å². The third kappa shape index (κ3) is 8.22. The molecular formula is C35H38N4O7S. The minimum atomic E-state index is -3.62. The lowest BCUT2D eigenvalue weighted by molar-refractivity contribution is -0.384. The van der Waals surface area contributed by atoms with Gasteiger partial charge in [-0.15, -0.1) is 0 Å². The van der Waals surface area contributed by atoms with Gasteiger partial charge in [0.15, 0.2) is 6.29 Å². The van der Waals surface area contributed by atoms with Gasteiger partial charge < -0.3 is 19.5 Å². The lowest BCUT2D eigenvalue weighted by atomic mass is 9.99. The molecule has 0 radical (unpaired) electrons. The van der Waals surface area contributed by atoms with Crippen LogP contribution in [0.15, 0.2) is 108 Å². The Hall–Kier alpha value is -4.17. The second kappa shape index (κ2) is 14.7. The van der Waals surface area contributed by atoms with Crippen molar-refractivity contribution in [1.29, 1.82) is 0 Å². The number of aliphatic hydroxyl groups is 1. The summed E-state index contributed by atoms with van der Waals surface area (Å²) in [4.78, 5) is 15.5. The van der Waals surface area contributed by atoms with Gasteiger partial charge in [0.25, 0.3) is 5.69 Å². The van der Waals surface area contributed by atoms with Crippen LogP contribution >= 0.6 is 0 Å². The number of nitrogens with one attached hydrogen (secondary N) is 1. The van der Waals surface area contributed by atoms with E-state index in [-0.39, 0.29) is 40.9 Å². The van der Waals surface area contributed by atoms with E-state index in [1.165, 1.54) is 0 Å².